The Hall–Kier alpha value is -0.0900. The fourth-order valence-electron chi connectivity index (χ4n) is 2.15. The normalized spacial score (nSPS) is 18.5. The van der Waals surface area contributed by atoms with Gasteiger partial charge in [-0.2, -0.15) is 0 Å². The molecule has 0 saturated carbocycles. The van der Waals surface area contributed by atoms with Gasteiger partial charge in [0.1, 0.15) is 0 Å². The van der Waals surface area contributed by atoms with E-state index < -0.39 is 0 Å². The highest BCUT2D eigenvalue weighted by atomic mass is 79.9. The summed E-state index contributed by atoms with van der Waals surface area (Å²) in [6.07, 6.45) is 2.46. The molecule has 0 amide bonds. The van der Waals surface area contributed by atoms with Gasteiger partial charge in [0.05, 0.1) is 5.02 Å². The Kier molecular flexibility index (Phi) is 4.86. The summed E-state index contributed by atoms with van der Waals surface area (Å²) in [6, 6.07) is 6.65. The van der Waals surface area contributed by atoms with E-state index in [1.54, 1.807) is 0 Å². The van der Waals surface area contributed by atoms with Gasteiger partial charge in [-0.3, -0.25) is 0 Å². The molecule has 0 bridgehead atoms. The van der Waals surface area contributed by atoms with Crippen LogP contribution in [-0.2, 0) is 6.54 Å². The number of halogens is 2. The molecule has 1 aromatic rings. The van der Waals surface area contributed by atoms with Gasteiger partial charge in [0.15, 0.2) is 0 Å². The molecule has 2 nitrogen and oxygen atoms in total. The fourth-order valence-corrected chi connectivity index (χ4v) is 2.75. The smallest absolute Gasteiger partial charge is 0.0551 e. The summed E-state index contributed by atoms with van der Waals surface area (Å²) in [5.41, 5.74) is 1.23. The molecule has 1 aliphatic heterocycles. The summed E-state index contributed by atoms with van der Waals surface area (Å²) in [6.45, 7) is 3.26. The highest BCUT2D eigenvalue weighted by molar-refractivity contribution is 9.10. The lowest BCUT2D eigenvalue weighted by molar-refractivity contribution is 0.234. The molecule has 0 aliphatic carbocycles. The van der Waals surface area contributed by atoms with E-state index >= 15 is 0 Å². The summed E-state index contributed by atoms with van der Waals surface area (Å²) < 4.78 is 1.02. The zero-order valence-electron chi connectivity index (χ0n) is 10.0. The Balaban J connectivity index is 1.87. The third-order valence-electron chi connectivity index (χ3n) is 3.33. The average Bonchev–Trinajstić information content (AvgIpc) is 2.33. The van der Waals surface area contributed by atoms with Gasteiger partial charge in [0.2, 0.25) is 0 Å². The minimum Gasteiger partial charge on any atom is -0.310 e. The second-order valence-corrected chi connectivity index (χ2v) is 5.87. The van der Waals surface area contributed by atoms with Gasteiger partial charge in [-0.05, 0) is 60.5 Å². The molecule has 0 aromatic heterocycles. The first kappa shape index (κ1) is 13.3. The largest absolute Gasteiger partial charge is 0.310 e. The SMILES string of the molecule is CN1CCC(NCc2cccc(Cl)c2Br)CC1. The van der Waals surface area contributed by atoms with Crippen molar-refractivity contribution in [1.82, 2.24) is 10.2 Å². The molecule has 1 saturated heterocycles. The van der Waals surface area contributed by atoms with Crippen molar-refractivity contribution in [3.8, 4) is 0 Å². The van der Waals surface area contributed by atoms with Crippen LogP contribution >= 0.6 is 27.5 Å². The van der Waals surface area contributed by atoms with Gasteiger partial charge in [-0.15, -0.1) is 0 Å². The van der Waals surface area contributed by atoms with Gasteiger partial charge in [-0.25, -0.2) is 0 Å². The van der Waals surface area contributed by atoms with Crippen molar-refractivity contribution >= 4 is 27.5 Å². The number of hydrogen-bond acceptors (Lipinski definition) is 2. The van der Waals surface area contributed by atoms with E-state index in [-0.39, 0.29) is 0 Å². The molecule has 0 spiro atoms. The summed E-state index contributed by atoms with van der Waals surface area (Å²) >= 11 is 9.61. The van der Waals surface area contributed by atoms with Crippen LogP contribution in [0.1, 0.15) is 18.4 Å². The number of nitrogens with one attached hydrogen (secondary N) is 1. The maximum atomic E-state index is 6.07. The van der Waals surface area contributed by atoms with Crippen LogP contribution in [0.5, 0.6) is 0 Å². The van der Waals surface area contributed by atoms with Gasteiger partial charge in [-0.1, -0.05) is 23.7 Å². The fraction of sp³-hybridized carbons (Fsp3) is 0.538. The molecule has 0 unspecified atom stereocenters. The molecule has 1 heterocycles. The maximum Gasteiger partial charge on any atom is 0.0551 e. The second-order valence-electron chi connectivity index (χ2n) is 4.67. The molecule has 0 atom stereocenters. The van der Waals surface area contributed by atoms with Crippen molar-refractivity contribution in [3.05, 3.63) is 33.3 Å². The highest BCUT2D eigenvalue weighted by Gasteiger charge is 2.16. The minimum absolute atomic E-state index is 0.636. The Morgan fingerprint density at radius 3 is 2.82 bits per heavy atom. The Labute approximate surface area is 116 Å². The molecule has 0 radical (unpaired) electrons. The van der Waals surface area contributed by atoms with Gasteiger partial charge >= 0.3 is 0 Å². The predicted molar refractivity (Wildman–Crippen MR) is 76.5 cm³/mol. The van der Waals surface area contributed by atoms with Crippen molar-refractivity contribution in [2.75, 3.05) is 20.1 Å². The molecule has 1 N–H and O–H groups in total. The summed E-state index contributed by atoms with van der Waals surface area (Å²) in [5.74, 6) is 0. The quantitative estimate of drug-likeness (QED) is 0.920. The summed E-state index contributed by atoms with van der Waals surface area (Å²) in [7, 11) is 2.18. The first-order chi connectivity index (χ1) is 8.16. The van der Waals surface area contributed by atoms with Crippen LogP contribution in [0.15, 0.2) is 22.7 Å². The van der Waals surface area contributed by atoms with Crippen LogP contribution in [0.2, 0.25) is 5.02 Å². The lowest BCUT2D eigenvalue weighted by Gasteiger charge is -2.29. The zero-order valence-corrected chi connectivity index (χ0v) is 12.4. The van der Waals surface area contributed by atoms with Crippen molar-refractivity contribution in [1.29, 1.82) is 0 Å². The zero-order chi connectivity index (χ0) is 12.3. The topological polar surface area (TPSA) is 15.3 Å². The van der Waals surface area contributed by atoms with Crippen LogP contribution in [0.4, 0.5) is 0 Å². The molecule has 2 rings (SSSR count). The van der Waals surface area contributed by atoms with E-state index in [0.29, 0.717) is 6.04 Å². The molecular formula is C13H18BrClN2. The van der Waals surface area contributed by atoms with Crippen LogP contribution in [0.3, 0.4) is 0 Å². The molecule has 1 fully saturated rings. The minimum atomic E-state index is 0.636. The van der Waals surface area contributed by atoms with E-state index in [1.165, 1.54) is 31.5 Å². The third-order valence-corrected chi connectivity index (χ3v) is 4.81. The van der Waals surface area contributed by atoms with E-state index in [9.17, 15) is 0 Å². The lowest BCUT2D eigenvalue weighted by atomic mass is 10.1. The number of benzene rings is 1. The van der Waals surface area contributed by atoms with Gasteiger partial charge in [0.25, 0.3) is 0 Å². The lowest BCUT2D eigenvalue weighted by Crippen LogP contribution is -2.40. The summed E-state index contributed by atoms with van der Waals surface area (Å²) in [4.78, 5) is 2.38. The first-order valence-corrected chi connectivity index (χ1v) is 7.18. The average molecular weight is 318 g/mol. The van der Waals surface area contributed by atoms with Gasteiger partial charge in [0, 0.05) is 17.1 Å². The molecule has 1 aliphatic rings. The number of piperidine rings is 1. The van der Waals surface area contributed by atoms with Crippen molar-refractivity contribution < 1.29 is 0 Å². The number of likely N-dealkylation sites (tertiary alicyclic amines) is 1. The molecule has 17 heavy (non-hydrogen) atoms. The molecule has 94 valence electrons. The van der Waals surface area contributed by atoms with Crippen molar-refractivity contribution in [2.24, 2.45) is 0 Å². The number of nitrogens with zero attached hydrogens (tertiary/aromatic N) is 1. The molecular weight excluding hydrogens is 300 g/mol. The van der Waals surface area contributed by atoms with E-state index in [2.05, 4.69) is 39.3 Å². The Morgan fingerprint density at radius 1 is 1.41 bits per heavy atom. The van der Waals surface area contributed by atoms with Crippen LogP contribution in [0.25, 0.3) is 0 Å². The monoisotopic (exact) mass is 316 g/mol. The van der Waals surface area contributed by atoms with E-state index in [0.717, 1.165) is 16.0 Å². The van der Waals surface area contributed by atoms with Crippen LogP contribution < -0.4 is 5.32 Å². The van der Waals surface area contributed by atoms with E-state index in [1.807, 2.05) is 12.1 Å². The van der Waals surface area contributed by atoms with Gasteiger partial charge < -0.3 is 10.2 Å². The first-order valence-electron chi connectivity index (χ1n) is 6.01. The van der Waals surface area contributed by atoms with Crippen LogP contribution in [-0.4, -0.2) is 31.1 Å². The van der Waals surface area contributed by atoms with Crippen molar-refractivity contribution in [2.45, 2.75) is 25.4 Å². The molecule has 4 heteroatoms. The number of rotatable bonds is 3. The predicted octanol–water partition coefficient (Wildman–Crippen LogP) is 3.29. The van der Waals surface area contributed by atoms with Crippen molar-refractivity contribution in [3.63, 3.8) is 0 Å². The standard InChI is InChI=1S/C13H18BrClN2/c1-17-7-5-11(6-8-17)16-9-10-3-2-4-12(15)13(10)14/h2-4,11,16H,5-9H2,1H3. The maximum absolute atomic E-state index is 6.07. The Bertz CT molecular complexity index is 376. The Morgan fingerprint density at radius 2 is 2.12 bits per heavy atom. The number of hydrogen-bond donors (Lipinski definition) is 1. The summed E-state index contributed by atoms with van der Waals surface area (Å²) in [5, 5.41) is 4.40. The van der Waals surface area contributed by atoms with Crippen LogP contribution in [0, 0.1) is 0 Å². The second kappa shape index (κ2) is 6.19. The molecule has 1 aromatic carbocycles. The highest BCUT2D eigenvalue weighted by Crippen LogP contribution is 2.26. The third kappa shape index (κ3) is 3.68. The van der Waals surface area contributed by atoms with E-state index in [4.69, 9.17) is 11.6 Å².